The van der Waals surface area contributed by atoms with Gasteiger partial charge in [0.2, 0.25) is 17.6 Å². The van der Waals surface area contributed by atoms with Gasteiger partial charge in [-0.05, 0) is 42.7 Å². The number of rotatable bonds is 2. The van der Waals surface area contributed by atoms with Crippen molar-refractivity contribution in [1.29, 1.82) is 0 Å². The number of aryl methyl sites for hydroxylation is 2. The van der Waals surface area contributed by atoms with Crippen LogP contribution in [0.3, 0.4) is 0 Å². The molecule has 0 unspecified atom stereocenters. The third-order valence-electron chi connectivity index (χ3n) is 4.08. The maximum atomic E-state index is 11.8. The lowest BCUT2D eigenvalue weighted by molar-refractivity contribution is -0.118. The molecule has 1 aliphatic rings. The SMILES string of the molecule is Cc1cnc(-c2noc(-c3ccc4c(c3)CCC(=O)N4C)n2)nc1. The number of carbonyl (C=O) groups excluding carboxylic acids is 1. The molecule has 0 saturated carbocycles. The van der Waals surface area contributed by atoms with E-state index < -0.39 is 0 Å². The molecule has 3 heterocycles. The highest BCUT2D eigenvalue weighted by Gasteiger charge is 2.22. The Kier molecular flexibility index (Phi) is 3.34. The zero-order valence-corrected chi connectivity index (χ0v) is 13.4. The topological polar surface area (TPSA) is 85.0 Å². The van der Waals surface area contributed by atoms with Gasteiger partial charge < -0.3 is 9.42 Å². The second kappa shape index (κ2) is 5.52. The molecule has 0 fully saturated rings. The minimum absolute atomic E-state index is 0.131. The van der Waals surface area contributed by atoms with Crippen LogP contribution in [0, 0.1) is 6.92 Å². The van der Waals surface area contributed by atoms with Gasteiger partial charge in [0.1, 0.15) is 0 Å². The summed E-state index contributed by atoms with van der Waals surface area (Å²) in [4.78, 5) is 26.2. The van der Waals surface area contributed by atoms with Gasteiger partial charge in [-0.1, -0.05) is 5.16 Å². The van der Waals surface area contributed by atoms with Crippen molar-refractivity contribution >= 4 is 11.6 Å². The molecule has 4 rings (SSSR count). The Morgan fingerprint density at radius 3 is 2.71 bits per heavy atom. The first-order chi connectivity index (χ1) is 11.6. The summed E-state index contributed by atoms with van der Waals surface area (Å²) < 4.78 is 5.35. The van der Waals surface area contributed by atoms with E-state index in [1.54, 1.807) is 24.3 Å². The van der Waals surface area contributed by atoms with Crippen LogP contribution in [-0.2, 0) is 11.2 Å². The summed E-state index contributed by atoms with van der Waals surface area (Å²) in [7, 11) is 1.79. The van der Waals surface area contributed by atoms with Crippen LogP contribution in [0.1, 0.15) is 17.5 Å². The van der Waals surface area contributed by atoms with Crippen molar-refractivity contribution in [1.82, 2.24) is 20.1 Å². The number of anilines is 1. The van der Waals surface area contributed by atoms with E-state index >= 15 is 0 Å². The lowest BCUT2D eigenvalue weighted by Crippen LogP contribution is -2.30. The minimum atomic E-state index is 0.131. The Bertz CT molecular complexity index is 917. The predicted octanol–water partition coefficient (Wildman–Crippen LogP) is 2.41. The van der Waals surface area contributed by atoms with E-state index in [0.717, 1.165) is 22.4 Å². The number of nitrogens with zero attached hydrogens (tertiary/aromatic N) is 5. The van der Waals surface area contributed by atoms with Gasteiger partial charge in [0.25, 0.3) is 5.89 Å². The third kappa shape index (κ3) is 2.44. The Morgan fingerprint density at radius 2 is 1.92 bits per heavy atom. The summed E-state index contributed by atoms with van der Waals surface area (Å²) in [6, 6.07) is 5.78. The lowest BCUT2D eigenvalue weighted by Gasteiger charge is -2.25. The first kappa shape index (κ1) is 14.5. The third-order valence-corrected chi connectivity index (χ3v) is 4.08. The number of hydrogen-bond acceptors (Lipinski definition) is 6. The predicted molar refractivity (Wildman–Crippen MR) is 87.2 cm³/mol. The molecule has 0 radical (unpaired) electrons. The second-order valence-corrected chi connectivity index (χ2v) is 5.80. The fraction of sp³-hybridized carbons (Fsp3) is 0.235. The van der Waals surface area contributed by atoms with E-state index in [-0.39, 0.29) is 5.91 Å². The minimum Gasteiger partial charge on any atom is -0.333 e. The molecule has 0 bridgehead atoms. The number of benzene rings is 1. The van der Waals surface area contributed by atoms with Gasteiger partial charge in [0.15, 0.2) is 0 Å². The van der Waals surface area contributed by atoms with Crippen LogP contribution in [0.4, 0.5) is 5.69 Å². The van der Waals surface area contributed by atoms with Crippen molar-refractivity contribution in [3.63, 3.8) is 0 Å². The molecule has 0 atom stereocenters. The molecule has 7 heteroatoms. The highest BCUT2D eigenvalue weighted by atomic mass is 16.5. The van der Waals surface area contributed by atoms with Gasteiger partial charge in [-0.25, -0.2) is 9.97 Å². The molecular formula is C17H15N5O2. The van der Waals surface area contributed by atoms with Crippen molar-refractivity contribution in [2.24, 2.45) is 0 Å². The molecule has 24 heavy (non-hydrogen) atoms. The Hall–Kier alpha value is -3.09. The standard InChI is InChI=1S/C17H15N5O2/c1-10-8-18-15(19-9-10)16-20-17(24-21-16)12-3-5-13-11(7-12)4-6-14(23)22(13)2/h3,5,7-9H,4,6H2,1-2H3. The maximum Gasteiger partial charge on any atom is 0.258 e. The number of amides is 1. The molecule has 0 aliphatic carbocycles. The molecular weight excluding hydrogens is 306 g/mol. The number of aromatic nitrogens is 4. The molecule has 0 saturated heterocycles. The van der Waals surface area contributed by atoms with Crippen LogP contribution in [0.15, 0.2) is 35.1 Å². The first-order valence-electron chi connectivity index (χ1n) is 7.64. The monoisotopic (exact) mass is 321 g/mol. The molecule has 1 amide bonds. The van der Waals surface area contributed by atoms with Gasteiger partial charge in [-0.2, -0.15) is 4.98 Å². The second-order valence-electron chi connectivity index (χ2n) is 5.80. The average Bonchev–Trinajstić information content (AvgIpc) is 3.09. The Labute approximate surface area is 138 Å². The summed E-state index contributed by atoms with van der Waals surface area (Å²) in [5.74, 6) is 1.33. The van der Waals surface area contributed by atoms with Crippen molar-refractivity contribution in [3.05, 3.63) is 41.7 Å². The van der Waals surface area contributed by atoms with Crippen molar-refractivity contribution < 1.29 is 9.32 Å². The number of fused-ring (bicyclic) bond motifs is 1. The van der Waals surface area contributed by atoms with Gasteiger partial charge in [0.05, 0.1) is 0 Å². The molecule has 2 aromatic heterocycles. The molecule has 1 aliphatic heterocycles. The highest BCUT2D eigenvalue weighted by Crippen LogP contribution is 2.31. The normalized spacial score (nSPS) is 13.9. The number of carbonyl (C=O) groups is 1. The largest absolute Gasteiger partial charge is 0.333 e. The first-order valence-corrected chi connectivity index (χ1v) is 7.64. The average molecular weight is 321 g/mol. The molecule has 7 nitrogen and oxygen atoms in total. The molecule has 1 aromatic carbocycles. The summed E-state index contributed by atoms with van der Waals surface area (Å²) in [6.45, 7) is 1.92. The van der Waals surface area contributed by atoms with Gasteiger partial charge in [-0.3, -0.25) is 4.79 Å². The van der Waals surface area contributed by atoms with E-state index in [0.29, 0.717) is 30.4 Å². The zero-order valence-electron chi connectivity index (χ0n) is 13.4. The summed E-state index contributed by atoms with van der Waals surface area (Å²) in [5, 5.41) is 3.96. The van der Waals surface area contributed by atoms with Crippen molar-refractivity contribution in [2.75, 3.05) is 11.9 Å². The lowest BCUT2D eigenvalue weighted by atomic mass is 9.99. The fourth-order valence-corrected chi connectivity index (χ4v) is 2.73. The fourth-order valence-electron chi connectivity index (χ4n) is 2.73. The van der Waals surface area contributed by atoms with Crippen LogP contribution in [-0.4, -0.2) is 33.1 Å². The molecule has 3 aromatic rings. The van der Waals surface area contributed by atoms with Crippen LogP contribution in [0.5, 0.6) is 0 Å². The highest BCUT2D eigenvalue weighted by molar-refractivity contribution is 5.96. The zero-order chi connectivity index (χ0) is 16.7. The van der Waals surface area contributed by atoms with Gasteiger partial charge in [-0.15, -0.1) is 0 Å². The van der Waals surface area contributed by atoms with Crippen LogP contribution in [0.25, 0.3) is 23.1 Å². The van der Waals surface area contributed by atoms with Crippen molar-refractivity contribution in [2.45, 2.75) is 19.8 Å². The summed E-state index contributed by atoms with van der Waals surface area (Å²) in [6.07, 6.45) is 4.65. The Balaban J connectivity index is 1.68. The van der Waals surface area contributed by atoms with Gasteiger partial charge in [0, 0.05) is 37.1 Å². The molecule has 0 N–H and O–H groups in total. The van der Waals surface area contributed by atoms with E-state index in [2.05, 4.69) is 20.1 Å². The molecule has 0 spiro atoms. The van der Waals surface area contributed by atoms with E-state index in [4.69, 9.17) is 4.52 Å². The molecule has 120 valence electrons. The smallest absolute Gasteiger partial charge is 0.258 e. The maximum absolute atomic E-state index is 11.8. The quantitative estimate of drug-likeness (QED) is 0.720. The Morgan fingerprint density at radius 1 is 1.12 bits per heavy atom. The van der Waals surface area contributed by atoms with Crippen molar-refractivity contribution in [3.8, 4) is 23.1 Å². The van der Waals surface area contributed by atoms with Crippen LogP contribution in [0.2, 0.25) is 0 Å². The summed E-state index contributed by atoms with van der Waals surface area (Å²) in [5.41, 5.74) is 3.82. The van der Waals surface area contributed by atoms with Crippen LogP contribution >= 0.6 is 0 Å². The number of hydrogen-bond donors (Lipinski definition) is 0. The van der Waals surface area contributed by atoms with E-state index in [9.17, 15) is 4.79 Å². The van der Waals surface area contributed by atoms with E-state index in [1.165, 1.54) is 0 Å². The van der Waals surface area contributed by atoms with Gasteiger partial charge >= 0.3 is 0 Å². The van der Waals surface area contributed by atoms with E-state index in [1.807, 2.05) is 25.1 Å². The van der Waals surface area contributed by atoms with Crippen LogP contribution < -0.4 is 4.90 Å². The summed E-state index contributed by atoms with van der Waals surface area (Å²) >= 11 is 0.